The van der Waals surface area contributed by atoms with Crippen molar-refractivity contribution >= 4 is 18.3 Å². The van der Waals surface area contributed by atoms with Gasteiger partial charge in [-0.15, -0.1) is 12.4 Å². The molecular formula is C17H28ClN3O2. The van der Waals surface area contributed by atoms with Crippen molar-refractivity contribution in [1.29, 1.82) is 0 Å². The number of carbonyl (C=O) groups is 1. The van der Waals surface area contributed by atoms with Crippen molar-refractivity contribution in [2.45, 2.75) is 25.9 Å². The Labute approximate surface area is 145 Å². The number of para-hydroxylation sites is 1. The van der Waals surface area contributed by atoms with E-state index in [2.05, 4.69) is 17.1 Å². The second kappa shape index (κ2) is 9.11. The molecule has 0 aromatic heterocycles. The zero-order valence-electron chi connectivity index (χ0n) is 14.4. The number of halogens is 1. The molecule has 0 spiro atoms. The van der Waals surface area contributed by atoms with E-state index in [-0.39, 0.29) is 24.4 Å². The molecule has 1 unspecified atom stereocenters. The first-order valence-corrected chi connectivity index (χ1v) is 7.88. The summed E-state index contributed by atoms with van der Waals surface area (Å²) in [6, 6.07) is 8.25. The van der Waals surface area contributed by atoms with Crippen LogP contribution in [0, 0.1) is 0 Å². The van der Waals surface area contributed by atoms with Crippen molar-refractivity contribution in [1.82, 2.24) is 15.1 Å². The Morgan fingerprint density at radius 1 is 1.48 bits per heavy atom. The minimum Gasteiger partial charge on any atom is -0.496 e. The highest BCUT2D eigenvalue weighted by molar-refractivity contribution is 5.85. The highest BCUT2D eigenvalue weighted by atomic mass is 35.5. The van der Waals surface area contributed by atoms with Gasteiger partial charge in [0.15, 0.2) is 0 Å². The molecule has 1 aromatic carbocycles. The summed E-state index contributed by atoms with van der Waals surface area (Å²) in [7, 11) is 3.53. The maximum Gasteiger partial charge on any atom is 0.237 e. The van der Waals surface area contributed by atoms with Crippen LogP contribution < -0.4 is 10.1 Å². The van der Waals surface area contributed by atoms with Gasteiger partial charge in [-0.3, -0.25) is 9.69 Å². The molecule has 130 valence electrons. The summed E-state index contributed by atoms with van der Waals surface area (Å²) < 4.78 is 5.41. The Hall–Kier alpha value is -1.30. The number of nitrogens with one attached hydrogen (secondary N) is 1. The molecule has 0 saturated carbocycles. The molecular weight excluding hydrogens is 314 g/mol. The molecule has 0 bridgehead atoms. The molecule has 5 nitrogen and oxygen atoms in total. The van der Waals surface area contributed by atoms with Crippen molar-refractivity contribution in [2.24, 2.45) is 0 Å². The normalized spacial score (nSPS) is 19.6. The van der Waals surface area contributed by atoms with Crippen LogP contribution in [0.2, 0.25) is 0 Å². The molecule has 1 aromatic rings. The van der Waals surface area contributed by atoms with Crippen LogP contribution in [0.5, 0.6) is 5.75 Å². The molecule has 6 heteroatoms. The average molecular weight is 342 g/mol. The lowest BCUT2D eigenvalue weighted by molar-refractivity contribution is -0.133. The number of ether oxygens (including phenoxy) is 1. The first kappa shape index (κ1) is 19.7. The van der Waals surface area contributed by atoms with Crippen LogP contribution in [-0.2, 0) is 4.79 Å². The van der Waals surface area contributed by atoms with Crippen LogP contribution in [0.15, 0.2) is 24.3 Å². The quantitative estimate of drug-likeness (QED) is 0.889. The molecule has 0 radical (unpaired) electrons. The standard InChI is InChI=1S/C17H27N3O2.ClH/c1-13-11-18-9-10-20(13)12-17(21)19(3)14(2)15-7-5-6-8-16(15)22-4;/h5-8,13-14,18H,9-12H2,1-4H3;1H/t13-,14?;/m1./s1. The van der Waals surface area contributed by atoms with Crippen LogP contribution in [0.3, 0.4) is 0 Å². The van der Waals surface area contributed by atoms with E-state index in [0.717, 1.165) is 30.9 Å². The first-order chi connectivity index (χ1) is 10.5. The molecule has 1 heterocycles. The van der Waals surface area contributed by atoms with Crippen LogP contribution in [-0.4, -0.2) is 62.1 Å². The number of amides is 1. The Kier molecular flexibility index (Phi) is 7.82. The first-order valence-electron chi connectivity index (χ1n) is 7.88. The van der Waals surface area contributed by atoms with Crippen LogP contribution >= 0.6 is 12.4 Å². The van der Waals surface area contributed by atoms with E-state index in [4.69, 9.17) is 4.74 Å². The highest BCUT2D eigenvalue weighted by Crippen LogP contribution is 2.28. The molecule has 1 amide bonds. The number of nitrogens with zero attached hydrogens (tertiary/aromatic N) is 2. The molecule has 1 aliphatic rings. The minimum atomic E-state index is -0.0122. The number of hydrogen-bond acceptors (Lipinski definition) is 4. The van der Waals surface area contributed by atoms with Gasteiger partial charge in [0.2, 0.25) is 5.91 Å². The van der Waals surface area contributed by atoms with Crippen molar-refractivity contribution in [3.05, 3.63) is 29.8 Å². The van der Waals surface area contributed by atoms with Crippen LogP contribution in [0.4, 0.5) is 0 Å². The van der Waals surface area contributed by atoms with Crippen LogP contribution in [0.1, 0.15) is 25.5 Å². The number of piperazine rings is 1. The third-order valence-corrected chi connectivity index (χ3v) is 4.54. The third kappa shape index (κ3) is 4.83. The van der Waals surface area contributed by atoms with Gasteiger partial charge in [0.25, 0.3) is 0 Å². The maximum atomic E-state index is 12.6. The predicted molar refractivity (Wildman–Crippen MR) is 95.3 cm³/mol. The molecule has 1 aliphatic heterocycles. The zero-order chi connectivity index (χ0) is 16.1. The van der Waals surface area contributed by atoms with Gasteiger partial charge in [0.05, 0.1) is 19.7 Å². The molecule has 1 saturated heterocycles. The SMILES string of the molecule is COc1ccccc1C(C)N(C)C(=O)CN1CCNC[C@H]1C.Cl. The third-order valence-electron chi connectivity index (χ3n) is 4.54. The summed E-state index contributed by atoms with van der Waals surface area (Å²) in [5.41, 5.74) is 1.04. The summed E-state index contributed by atoms with van der Waals surface area (Å²) in [6.07, 6.45) is 0. The van der Waals surface area contributed by atoms with Gasteiger partial charge < -0.3 is 15.0 Å². The molecule has 1 fully saturated rings. The maximum absolute atomic E-state index is 12.6. The smallest absolute Gasteiger partial charge is 0.237 e. The molecule has 2 rings (SSSR count). The van der Waals surface area contributed by atoms with Gasteiger partial charge in [-0.1, -0.05) is 18.2 Å². The topological polar surface area (TPSA) is 44.8 Å². The molecule has 1 N–H and O–H groups in total. The van der Waals surface area contributed by atoms with Crippen molar-refractivity contribution in [3.63, 3.8) is 0 Å². The number of benzene rings is 1. The van der Waals surface area contributed by atoms with Crippen molar-refractivity contribution < 1.29 is 9.53 Å². The lowest BCUT2D eigenvalue weighted by Crippen LogP contribution is -2.53. The Morgan fingerprint density at radius 2 is 2.17 bits per heavy atom. The fraction of sp³-hybridized carbons (Fsp3) is 0.588. The molecule has 23 heavy (non-hydrogen) atoms. The van der Waals surface area contributed by atoms with Gasteiger partial charge >= 0.3 is 0 Å². The number of rotatable bonds is 5. The summed E-state index contributed by atoms with van der Waals surface area (Å²) in [4.78, 5) is 16.6. The fourth-order valence-corrected chi connectivity index (χ4v) is 2.84. The second-order valence-electron chi connectivity index (χ2n) is 5.95. The fourth-order valence-electron chi connectivity index (χ4n) is 2.84. The van der Waals surface area contributed by atoms with E-state index in [1.54, 1.807) is 7.11 Å². The van der Waals surface area contributed by atoms with Gasteiger partial charge in [0.1, 0.15) is 5.75 Å². The summed E-state index contributed by atoms with van der Waals surface area (Å²) in [5, 5.41) is 3.35. The predicted octanol–water partition coefficient (Wildman–Crippen LogP) is 1.93. The molecule has 0 aliphatic carbocycles. The van der Waals surface area contributed by atoms with Gasteiger partial charge in [-0.2, -0.15) is 0 Å². The van der Waals surface area contributed by atoms with E-state index in [9.17, 15) is 4.79 Å². The zero-order valence-corrected chi connectivity index (χ0v) is 15.2. The Balaban J connectivity index is 0.00000264. The Bertz CT molecular complexity index is 512. The largest absolute Gasteiger partial charge is 0.496 e. The van der Waals surface area contributed by atoms with Crippen LogP contribution in [0.25, 0.3) is 0 Å². The van der Waals surface area contributed by atoms with E-state index < -0.39 is 0 Å². The Morgan fingerprint density at radius 3 is 2.83 bits per heavy atom. The van der Waals surface area contributed by atoms with E-state index in [0.29, 0.717) is 12.6 Å². The lowest BCUT2D eigenvalue weighted by Gasteiger charge is -2.35. The summed E-state index contributed by atoms with van der Waals surface area (Å²) in [5.74, 6) is 0.970. The van der Waals surface area contributed by atoms with E-state index in [1.165, 1.54) is 0 Å². The van der Waals surface area contributed by atoms with Gasteiger partial charge in [0, 0.05) is 38.3 Å². The average Bonchev–Trinajstić information content (AvgIpc) is 2.55. The highest BCUT2D eigenvalue weighted by Gasteiger charge is 2.25. The summed E-state index contributed by atoms with van der Waals surface area (Å²) in [6.45, 7) is 7.48. The minimum absolute atomic E-state index is 0. The van der Waals surface area contributed by atoms with Crippen molar-refractivity contribution in [3.8, 4) is 5.75 Å². The van der Waals surface area contributed by atoms with Crippen molar-refractivity contribution in [2.75, 3.05) is 40.3 Å². The van der Waals surface area contributed by atoms with Gasteiger partial charge in [-0.25, -0.2) is 0 Å². The number of methoxy groups -OCH3 is 1. The monoisotopic (exact) mass is 341 g/mol. The number of hydrogen-bond donors (Lipinski definition) is 1. The number of carbonyl (C=O) groups excluding carboxylic acids is 1. The second-order valence-corrected chi connectivity index (χ2v) is 5.95. The number of likely N-dealkylation sites (N-methyl/N-ethyl adjacent to an activating group) is 1. The van der Waals surface area contributed by atoms with E-state index in [1.807, 2.05) is 43.1 Å². The van der Waals surface area contributed by atoms with Gasteiger partial charge in [-0.05, 0) is 19.9 Å². The van der Waals surface area contributed by atoms with E-state index >= 15 is 0 Å². The lowest BCUT2D eigenvalue weighted by atomic mass is 10.1. The summed E-state index contributed by atoms with van der Waals surface area (Å²) >= 11 is 0. The molecule has 2 atom stereocenters.